The number of benzene rings is 2. The molecule has 0 radical (unpaired) electrons. The van der Waals surface area contributed by atoms with Crippen molar-refractivity contribution < 1.29 is 9.53 Å². The van der Waals surface area contributed by atoms with Crippen LogP contribution >= 0.6 is 0 Å². The number of hydrogen-bond acceptors (Lipinski definition) is 3. The Morgan fingerprint density at radius 2 is 1.90 bits per heavy atom. The van der Waals surface area contributed by atoms with Crippen LogP contribution in [0.25, 0.3) is 10.8 Å². The Hall–Kier alpha value is -2.88. The molecule has 104 valence electrons. The topological polar surface area (TPSA) is 51.2 Å². The summed E-state index contributed by atoms with van der Waals surface area (Å²) < 4.78 is 5.19. The van der Waals surface area contributed by atoms with E-state index in [1.807, 2.05) is 30.3 Å². The molecule has 21 heavy (non-hydrogen) atoms. The highest BCUT2D eigenvalue weighted by atomic mass is 16.5. The molecule has 0 saturated heterocycles. The summed E-state index contributed by atoms with van der Waals surface area (Å²) in [6, 6.07) is 14.9. The minimum absolute atomic E-state index is 0.152. The number of carbonyl (C=O) groups excluding carboxylic acids is 1. The van der Waals surface area contributed by atoms with Gasteiger partial charge in [0.15, 0.2) is 0 Å². The first-order valence-electron chi connectivity index (χ1n) is 6.55. The number of pyridine rings is 1. The molecule has 1 amide bonds. The number of amides is 1. The monoisotopic (exact) mass is 278 g/mol. The van der Waals surface area contributed by atoms with E-state index in [0.29, 0.717) is 11.3 Å². The fourth-order valence-corrected chi connectivity index (χ4v) is 2.13. The van der Waals surface area contributed by atoms with Gasteiger partial charge in [0.05, 0.1) is 19.0 Å². The molecule has 0 spiro atoms. The van der Waals surface area contributed by atoms with E-state index < -0.39 is 0 Å². The van der Waals surface area contributed by atoms with Gasteiger partial charge in [0.1, 0.15) is 5.75 Å². The van der Waals surface area contributed by atoms with Gasteiger partial charge in [0.2, 0.25) is 0 Å². The molecule has 0 fully saturated rings. The van der Waals surface area contributed by atoms with E-state index in [2.05, 4.69) is 10.3 Å². The lowest BCUT2D eigenvalue weighted by Gasteiger charge is -2.07. The molecule has 0 saturated carbocycles. The number of rotatable bonds is 3. The van der Waals surface area contributed by atoms with Gasteiger partial charge in [0, 0.05) is 11.8 Å². The third kappa shape index (κ3) is 2.84. The number of aromatic nitrogens is 1. The average Bonchev–Trinajstić information content (AvgIpc) is 2.54. The van der Waals surface area contributed by atoms with Crippen LogP contribution in [-0.4, -0.2) is 18.0 Å². The van der Waals surface area contributed by atoms with E-state index in [9.17, 15) is 4.79 Å². The second-order valence-corrected chi connectivity index (χ2v) is 4.62. The second kappa shape index (κ2) is 5.63. The predicted molar refractivity (Wildman–Crippen MR) is 82.7 cm³/mol. The smallest absolute Gasteiger partial charge is 0.255 e. The largest absolute Gasteiger partial charge is 0.497 e. The Balaban J connectivity index is 1.88. The molecule has 1 aromatic heterocycles. The fraction of sp³-hybridized carbons (Fsp3) is 0.0588. The van der Waals surface area contributed by atoms with Crippen LogP contribution in [0.2, 0.25) is 0 Å². The van der Waals surface area contributed by atoms with E-state index in [1.165, 1.54) is 0 Å². The summed E-state index contributed by atoms with van der Waals surface area (Å²) in [6.45, 7) is 0. The minimum Gasteiger partial charge on any atom is -0.497 e. The van der Waals surface area contributed by atoms with E-state index >= 15 is 0 Å². The zero-order valence-electron chi connectivity index (χ0n) is 11.5. The summed E-state index contributed by atoms with van der Waals surface area (Å²) in [5.74, 6) is 0.649. The Bertz CT molecular complexity index is 785. The third-order valence-corrected chi connectivity index (χ3v) is 3.23. The number of methoxy groups -OCH3 is 1. The van der Waals surface area contributed by atoms with Crippen LogP contribution in [-0.2, 0) is 0 Å². The third-order valence-electron chi connectivity index (χ3n) is 3.23. The average molecular weight is 278 g/mol. The molecule has 0 aliphatic carbocycles. The number of ether oxygens (including phenoxy) is 1. The highest BCUT2D eigenvalue weighted by Crippen LogP contribution is 2.22. The summed E-state index contributed by atoms with van der Waals surface area (Å²) >= 11 is 0. The van der Waals surface area contributed by atoms with E-state index in [1.54, 1.807) is 37.7 Å². The number of anilines is 1. The maximum Gasteiger partial charge on any atom is 0.255 e. The van der Waals surface area contributed by atoms with Gasteiger partial charge in [-0.1, -0.05) is 12.1 Å². The normalized spacial score (nSPS) is 10.3. The van der Waals surface area contributed by atoms with Crippen molar-refractivity contribution in [1.82, 2.24) is 4.98 Å². The summed E-state index contributed by atoms with van der Waals surface area (Å²) in [7, 11) is 1.64. The van der Waals surface area contributed by atoms with Crippen molar-refractivity contribution in [2.24, 2.45) is 0 Å². The quantitative estimate of drug-likeness (QED) is 0.797. The van der Waals surface area contributed by atoms with Crippen LogP contribution < -0.4 is 10.1 Å². The molecule has 4 heteroatoms. The Morgan fingerprint density at radius 1 is 1.10 bits per heavy atom. The van der Waals surface area contributed by atoms with Gasteiger partial charge in [-0.2, -0.15) is 0 Å². The summed E-state index contributed by atoms with van der Waals surface area (Å²) in [5.41, 5.74) is 1.29. The molecule has 1 heterocycles. The molecule has 2 aromatic carbocycles. The van der Waals surface area contributed by atoms with Crippen molar-refractivity contribution in [1.29, 1.82) is 0 Å². The second-order valence-electron chi connectivity index (χ2n) is 4.62. The van der Waals surface area contributed by atoms with Gasteiger partial charge in [-0.15, -0.1) is 0 Å². The number of nitrogens with one attached hydrogen (secondary N) is 1. The molecule has 4 nitrogen and oxygen atoms in total. The maximum absolute atomic E-state index is 12.2. The maximum atomic E-state index is 12.2. The lowest BCUT2D eigenvalue weighted by atomic mass is 10.1. The number of nitrogens with zero attached hydrogens (tertiary/aromatic N) is 1. The molecule has 3 rings (SSSR count). The Morgan fingerprint density at radius 3 is 2.67 bits per heavy atom. The molecule has 0 atom stereocenters. The van der Waals surface area contributed by atoms with Gasteiger partial charge < -0.3 is 10.1 Å². The summed E-state index contributed by atoms with van der Waals surface area (Å²) in [6.07, 6.45) is 3.28. The van der Waals surface area contributed by atoms with Crippen molar-refractivity contribution in [3.05, 3.63) is 66.5 Å². The highest BCUT2D eigenvalue weighted by Gasteiger charge is 2.07. The fourth-order valence-electron chi connectivity index (χ4n) is 2.13. The first kappa shape index (κ1) is 13.1. The molecule has 0 aliphatic heterocycles. The zero-order chi connectivity index (χ0) is 14.7. The molecule has 0 bridgehead atoms. The van der Waals surface area contributed by atoms with Gasteiger partial charge in [0.25, 0.3) is 5.91 Å². The molecule has 0 aliphatic rings. The van der Waals surface area contributed by atoms with Gasteiger partial charge in [-0.25, -0.2) is 0 Å². The lowest BCUT2D eigenvalue weighted by Crippen LogP contribution is -2.11. The molecule has 0 unspecified atom stereocenters. The molecule has 1 N–H and O–H groups in total. The molecular formula is C17H14N2O2. The van der Waals surface area contributed by atoms with E-state index in [0.717, 1.165) is 16.5 Å². The number of fused-ring (bicyclic) bond motifs is 1. The van der Waals surface area contributed by atoms with Crippen LogP contribution in [0.1, 0.15) is 10.4 Å². The highest BCUT2D eigenvalue weighted by molar-refractivity contribution is 6.06. The molecule has 3 aromatic rings. The standard InChI is InChI=1S/C17H14N2O2/c1-21-16-7-6-12-9-14(5-4-13(12)10-16)17(20)19-15-3-2-8-18-11-15/h2-11H,1H3,(H,19,20). The van der Waals surface area contributed by atoms with E-state index in [-0.39, 0.29) is 5.91 Å². The minimum atomic E-state index is -0.152. The Kier molecular flexibility index (Phi) is 3.51. The summed E-state index contributed by atoms with van der Waals surface area (Å²) in [5, 5.41) is 4.85. The van der Waals surface area contributed by atoms with Gasteiger partial charge in [-0.3, -0.25) is 9.78 Å². The van der Waals surface area contributed by atoms with Gasteiger partial charge >= 0.3 is 0 Å². The van der Waals surface area contributed by atoms with Gasteiger partial charge in [-0.05, 0) is 47.2 Å². The molecular weight excluding hydrogens is 264 g/mol. The predicted octanol–water partition coefficient (Wildman–Crippen LogP) is 3.50. The Labute approximate surface area is 122 Å². The SMILES string of the molecule is COc1ccc2cc(C(=O)Nc3cccnc3)ccc2c1. The zero-order valence-corrected chi connectivity index (χ0v) is 11.5. The first-order valence-corrected chi connectivity index (χ1v) is 6.55. The van der Waals surface area contributed by atoms with Crippen molar-refractivity contribution in [3.8, 4) is 5.75 Å². The van der Waals surface area contributed by atoms with Crippen LogP contribution in [0, 0.1) is 0 Å². The van der Waals surface area contributed by atoms with Crippen molar-refractivity contribution in [3.63, 3.8) is 0 Å². The van der Waals surface area contributed by atoms with Crippen molar-refractivity contribution in [2.45, 2.75) is 0 Å². The van der Waals surface area contributed by atoms with E-state index in [4.69, 9.17) is 4.74 Å². The first-order chi connectivity index (χ1) is 10.3. The summed E-state index contributed by atoms with van der Waals surface area (Å²) in [4.78, 5) is 16.2. The van der Waals surface area contributed by atoms with Crippen LogP contribution in [0.4, 0.5) is 5.69 Å². The van der Waals surface area contributed by atoms with Crippen LogP contribution in [0.5, 0.6) is 5.75 Å². The van der Waals surface area contributed by atoms with Crippen LogP contribution in [0.3, 0.4) is 0 Å². The number of carbonyl (C=O) groups is 1. The van der Waals surface area contributed by atoms with Crippen LogP contribution in [0.15, 0.2) is 60.9 Å². The number of hydrogen-bond donors (Lipinski definition) is 1. The van der Waals surface area contributed by atoms with Crippen molar-refractivity contribution in [2.75, 3.05) is 12.4 Å². The van der Waals surface area contributed by atoms with Crippen molar-refractivity contribution >= 4 is 22.4 Å². The lowest BCUT2D eigenvalue weighted by molar-refractivity contribution is 0.102.